The van der Waals surface area contributed by atoms with Crippen molar-refractivity contribution in [3.05, 3.63) is 59.6 Å². The highest BCUT2D eigenvalue weighted by molar-refractivity contribution is 5.96. The second-order valence-electron chi connectivity index (χ2n) is 11.6. The van der Waals surface area contributed by atoms with Gasteiger partial charge in [-0.2, -0.15) is 23.5 Å². The number of primary amides is 1. The number of carbonyl (C=O) groups is 2. The summed E-state index contributed by atoms with van der Waals surface area (Å²) in [6, 6.07) is 4.09. The number of nitrogens with one attached hydrogen (secondary N) is 3. The number of carbonyl (C=O) groups excluding carboxylic acids is 2. The zero-order chi connectivity index (χ0) is 32.3. The van der Waals surface area contributed by atoms with Gasteiger partial charge in [0.1, 0.15) is 12.4 Å². The Morgan fingerprint density at radius 2 is 2.09 bits per heavy atom. The van der Waals surface area contributed by atoms with Gasteiger partial charge in [0, 0.05) is 48.2 Å². The molecule has 5 N–H and O–H groups in total. The minimum Gasteiger partial charge on any atom is -0.369 e. The van der Waals surface area contributed by atoms with Crippen molar-refractivity contribution in [3.8, 4) is 17.3 Å². The molecule has 1 saturated carbocycles. The maximum absolute atomic E-state index is 15.4. The van der Waals surface area contributed by atoms with Crippen molar-refractivity contribution < 1.29 is 27.2 Å². The summed E-state index contributed by atoms with van der Waals surface area (Å²) >= 11 is 0. The van der Waals surface area contributed by atoms with E-state index in [2.05, 4.69) is 31.0 Å². The number of aryl methyl sites for hydroxylation is 1. The third-order valence-electron chi connectivity index (χ3n) is 8.58. The van der Waals surface area contributed by atoms with Gasteiger partial charge in [0.25, 0.3) is 5.91 Å². The fourth-order valence-electron chi connectivity index (χ4n) is 6.77. The van der Waals surface area contributed by atoms with Crippen molar-refractivity contribution in [1.29, 1.82) is 5.26 Å². The standard InChI is InChI=1S/C29H28F4N10O2/c1-14-7-16(8-19(30)21(14)27(45)39-15(2)9-28-13-36-10-18(28)22(28)24(35)44)40-25-26-38-11-20(43(26)6-4-37-25)17-12-42(5-3-34)41-23(17)29(31,32)33/h4,6-8,11-12,15,18,22,36H,5,9-10,13H2,1-2H3,(H2,35,44)(H,37,40)(H,39,45)/t15-,18?,22?,28?/m1/s1. The summed E-state index contributed by atoms with van der Waals surface area (Å²) in [7, 11) is 0. The number of amides is 2. The van der Waals surface area contributed by atoms with Gasteiger partial charge in [0.15, 0.2) is 17.2 Å². The average molecular weight is 625 g/mol. The van der Waals surface area contributed by atoms with Crippen molar-refractivity contribution in [2.75, 3.05) is 18.4 Å². The van der Waals surface area contributed by atoms with Gasteiger partial charge in [-0.1, -0.05) is 0 Å². The van der Waals surface area contributed by atoms with Gasteiger partial charge in [-0.15, -0.1) is 0 Å². The van der Waals surface area contributed by atoms with E-state index < -0.39 is 23.6 Å². The van der Waals surface area contributed by atoms with Crippen LogP contribution in [0.5, 0.6) is 0 Å². The predicted octanol–water partition coefficient (Wildman–Crippen LogP) is 3.16. The summed E-state index contributed by atoms with van der Waals surface area (Å²) in [5.74, 6) is -1.72. The van der Waals surface area contributed by atoms with Crippen LogP contribution in [-0.4, -0.2) is 55.1 Å². The molecule has 1 aromatic carbocycles. The van der Waals surface area contributed by atoms with Crippen LogP contribution in [-0.2, 0) is 17.5 Å². The van der Waals surface area contributed by atoms with Crippen LogP contribution in [0.4, 0.5) is 29.1 Å². The minimum absolute atomic E-state index is 0.0584. The molecule has 16 heteroatoms. The maximum Gasteiger partial charge on any atom is 0.435 e. The molecule has 4 aromatic rings. The number of nitrogens with two attached hydrogens (primary N) is 1. The minimum atomic E-state index is -4.78. The smallest absolute Gasteiger partial charge is 0.369 e. The zero-order valence-corrected chi connectivity index (χ0v) is 24.1. The first-order chi connectivity index (χ1) is 21.3. The Morgan fingerprint density at radius 3 is 2.76 bits per heavy atom. The third kappa shape index (κ3) is 5.22. The number of hydrogen-bond acceptors (Lipinski definition) is 8. The zero-order valence-electron chi connectivity index (χ0n) is 24.1. The van der Waals surface area contributed by atoms with Gasteiger partial charge in [-0.05, 0) is 50.4 Å². The largest absolute Gasteiger partial charge is 0.435 e. The molecule has 3 aromatic heterocycles. The highest BCUT2D eigenvalue weighted by Crippen LogP contribution is 2.63. The van der Waals surface area contributed by atoms with Crippen LogP contribution in [0.25, 0.3) is 16.9 Å². The molecule has 234 valence electrons. The van der Waals surface area contributed by atoms with Gasteiger partial charge < -0.3 is 21.7 Å². The highest BCUT2D eigenvalue weighted by atomic mass is 19.4. The van der Waals surface area contributed by atoms with Crippen LogP contribution in [0, 0.1) is 41.3 Å². The number of rotatable bonds is 9. The lowest BCUT2D eigenvalue weighted by atomic mass is 9.94. The van der Waals surface area contributed by atoms with E-state index in [1.165, 1.54) is 23.0 Å². The predicted molar refractivity (Wildman–Crippen MR) is 152 cm³/mol. The van der Waals surface area contributed by atoms with E-state index in [-0.39, 0.29) is 69.7 Å². The van der Waals surface area contributed by atoms with Gasteiger partial charge in [-0.3, -0.25) is 18.7 Å². The summed E-state index contributed by atoms with van der Waals surface area (Å²) in [6.07, 6.45) is 0.844. The SMILES string of the molecule is Cc1cc(Nc2nccn3c(-c4cn(CC#N)nc4C(F)(F)F)cnc23)cc(F)c1C(=O)N[C@H](C)CC12CNCC1C2C(N)=O. The van der Waals surface area contributed by atoms with Crippen LogP contribution in [0.2, 0.25) is 0 Å². The summed E-state index contributed by atoms with van der Waals surface area (Å²) in [5.41, 5.74) is 4.45. The number of halogens is 4. The van der Waals surface area contributed by atoms with Crippen LogP contribution < -0.4 is 21.7 Å². The molecule has 3 unspecified atom stereocenters. The number of benzene rings is 1. The lowest BCUT2D eigenvalue weighted by Gasteiger charge is -2.21. The average Bonchev–Trinajstić information content (AvgIpc) is 3.38. The number of nitriles is 1. The molecule has 1 aliphatic heterocycles. The molecule has 4 atom stereocenters. The number of nitrogens with zero attached hydrogens (tertiary/aromatic N) is 6. The van der Waals surface area contributed by atoms with Crippen molar-refractivity contribution in [1.82, 2.24) is 34.8 Å². The molecule has 45 heavy (non-hydrogen) atoms. The molecule has 0 bridgehead atoms. The Balaban J connectivity index is 1.22. The molecule has 0 spiro atoms. The van der Waals surface area contributed by atoms with E-state index in [9.17, 15) is 22.8 Å². The second kappa shape index (κ2) is 10.8. The molecule has 4 heterocycles. The van der Waals surface area contributed by atoms with Gasteiger partial charge >= 0.3 is 6.18 Å². The molecule has 2 amide bonds. The molecule has 1 aliphatic carbocycles. The second-order valence-corrected chi connectivity index (χ2v) is 11.6. The Labute approximate surface area is 253 Å². The Bertz CT molecular complexity index is 1850. The number of hydrogen-bond donors (Lipinski definition) is 4. The maximum atomic E-state index is 15.4. The van der Waals surface area contributed by atoms with Crippen LogP contribution >= 0.6 is 0 Å². The lowest BCUT2D eigenvalue weighted by molar-refractivity contribution is -0.141. The molecule has 2 aliphatic rings. The highest BCUT2D eigenvalue weighted by Gasteiger charge is 2.69. The molecule has 1 saturated heterocycles. The Kier molecular flexibility index (Phi) is 7.23. The van der Waals surface area contributed by atoms with E-state index >= 15 is 4.39 Å². The summed E-state index contributed by atoms with van der Waals surface area (Å²) in [5, 5.41) is 21.5. The van der Waals surface area contributed by atoms with E-state index in [0.29, 0.717) is 25.1 Å². The number of piperidine rings is 1. The fraction of sp³-hybridized carbons (Fsp3) is 0.379. The topological polar surface area (TPSA) is 168 Å². The van der Waals surface area contributed by atoms with Crippen molar-refractivity contribution in [2.24, 2.45) is 23.0 Å². The normalized spacial score (nSPS) is 21.3. The quantitative estimate of drug-likeness (QED) is 0.206. The van der Waals surface area contributed by atoms with Gasteiger partial charge in [0.05, 0.1) is 29.1 Å². The molecule has 2 fully saturated rings. The molecular weight excluding hydrogens is 596 g/mol. The van der Waals surface area contributed by atoms with Crippen LogP contribution in [0.15, 0.2) is 36.9 Å². The monoisotopic (exact) mass is 624 g/mol. The number of fused-ring (bicyclic) bond motifs is 2. The molecule has 6 rings (SSSR count). The molecule has 0 radical (unpaired) electrons. The molecule has 12 nitrogen and oxygen atoms in total. The Morgan fingerprint density at radius 1 is 1.31 bits per heavy atom. The number of imidazole rings is 1. The molecular formula is C29H28F4N10O2. The number of aromatic nitrogens is 5. The fourth-order valence-corrected chi connectivity index (χ4v) is 6.77. The van der Waals surface area contributed by atoms with Crippen LogP contribution in [0.1, 0.15) is 35.0 Å². The van der Waals surface area contributed by atoms with E-state index in [1.54, 1.807) is 26.0 Å². The van der Waals surface area contributed by atoms with Crippen molar-refractivity contribution in [2.45, 2.75) is 39.0 Å². The van der Waals surface area contributed by atoms with Crippen molar-refractivity contribution >= 4 is 29.0 Å². The summed E-state index contributed by atoms with van der Waals surface area (Å²) < 4.78 is 58.9. The summed E-state index contributed by atoms with van der Waals surface area (Å²) in [4.78, 5) is 33.4. The Hall–Kier alpha value is -5.04. The first-order valence-electron chi connectivity index (χ1n) is 14.1. The van der Waals surface area contributed by atoms with Gasteiger partial charge in [0.2, 0.25) is 5.91 Å². The first-order valence-corrected chi connectivity index (χ1v) is 14.1. The first kappa shape index (κ1) is 30.0. The van der Waals surface area contributed by atoms with E-state index in [4.69, 9.17) is 11.0 Å². The van der Waals surface area contributed by atoms with E-state index in [1.807, 2.05) is 0 Å². The van der Waals surface area contributed by atoms with Gasteiger partial charge in [-0.25, -0.2) is 14.4 Å². The number of alkyl halides is 3. The third-order valence-corrected chi connectivity index (χ3v) is 8.58. The van der Waals surface area contributed by atoms with Crippen molar-refractivity contribution in [3.63, 3.8) is 0 Å². The number of anilines is 2. The van der Waals surface area contributed by atoms with Crippen LogP contribution in [0.3, 0.4) is 0 Å². The summed E-state index contributed by atoms with van der Waals surface area (Å²) in [6.45, 7) is 4.33. The van der Waals surface area contributed by atoms with E-state index in [0.717, 1.165) is 16.9 Å². The lowest BCUT2D eigenvalue weighted by Crippen LogP contribution is -2.38.